The van der Waals surface area contributed by atoms with Crippen LogP contribution in [0.5, 0.6) is 0 Å². The monoisotopic (exact) mass is 346 g/mol. The number of hydrogen-bond acceptors (Lipinski definition) is 4. The van der Waals surface area contributed by atoms with Crippen LogP contribution in [-0.2, 0) is 24.6 Å². The summed E-state index contributed by atoms with van der Waals surface area (Å²) in [6, 6.07) is 6.80. The first-order chi connectivity index (χ1) is 11.2. The highest BCUT2D eigenvalue weighted by Crippen LogP contribution is 2.43. The van der Waals surface area contributed by atoms with Crippen molar-refractivity contribution in [3.05, 3.63) is 35.9 Å². The van der Waals surface area contributed by atoms with Gasteiger partial charge in [-0.05, 0) is 6.92 Å². The molecule has 0 radical (unpaired) electrons. The molecular formula is C17H21F3O4. The molecular weight excluding hydrogens is 325 g/mol. The Balaban J connectivity index is 2.35. The molecule has 1 heterocycles. The van der Waals surface area contributed by atoms with E-state index in [1.54, 1.807) is 19.9 Å². The van der Waals surface area contributed by atoms with Crippen molar-refractivity contribution in [2.24, 2.45) is 5.92 Å². The van der Waals surface area contributed by atoms with Crippen molar-refractivity contribution in [3.8, 4) is 0 Å². The fraction of sp³-hybridized carbons (Fsp3) is 0.588. The average Bonchev–Trinajstić information content (AvgIpc) is 2.53. The zero-order chi connectivity index (χ0) is 18.0. The number of methoxy groups -OCH3 is 1. The average molecular weight is 346 g/mol. The van der Waals surface area contributed by atoms with Crippen molar-refractivity contribution in [1.29, 1.82) is 0 Å². The normalized spacial score (nSPS) is 27.3. The van der Waals surface area contributed by atoms with E-state index < -0.39 is 23.9 Å². The Morgan fingerprint density at radius 3 is 2.38 bits per heavy atom. The number of halogens is 3. The van der Waals surface area contributed by atoms with Crippen molar-refractivity contribution < 1.29 is 32.2 Å². The SMILES string of the molecule is COC(C(=O)OC1CCOC(C)C1C)(c1ccccc1)C(F)(F)F. The maximum Gasteiger partial charge on any atom is 0.432 e. The highest BCUT2D eigenvalue weighted by atomic mass is 19.4. The Bertz CT molecular complexity index is 561. The molecule has 4 nitrogen and oxygen atoms in total. The summed E-state index contributed by atoms with van der Waals surface area (Å²) in [6.07, 6.45) is -5.46. The van der Waals surface area contributed by atoms with E-state index in [1.165, 1.54) is 24.3 Å². The summed E-state index contributed by atoms with van der Waals surface area (Å²) in [5.74, 6) is -1.66. The first kappa shape index (κ1) is 18.7. The van der Waals surface area contributed by atoms with Crippen LogP contribution in [0, 0.1) is 5.92 Å². The molecule has 0 amide bonds. The van der Waals surface area contributed by atoms with E-state index in [2.05, 4.69) is 0 Å². The minimum absolute atomic E-state index is 0.198. The minimum atomic E-state index is -4.96. The smallest absolute Gasteiger partial charge is 0.432 e. The van der Waals surface area contributed by atoms with E-state index in [4.69, 9.17) is 14.2 Å². The zero-order valence-electron chi connectivity index (χ0n) is 13.8. The summed E-state index contributed by atoms with van der Waals surface area (Å²) >= 11 is 0. The van der Waals surface area contributed by atoms with Gasteiger partial charge < -0.3 is 14.2 Å². The van der Waals surface area contributed by atoms with Crippen LogP contribution in [0.3, 0.4) is 0 Å². The van der Waals surface area contributed by atoms with Gasteiger partial charge in [0.25, 0.3) is 5.60 Å². The van der Waals surface area contributed by atoms with Crippen LogP contribution in [0.4, 0.5) is 13.2 Å². The quantitative estimate of drug-likeness (QED) is 0.784. The Morgan fingerprint density at radius 1 is 1.21 bits per heavy atom. The number of rotatable bonds is 4. The van der Waals surface area contributed by atoms with E-state index in [-0.39, 0.29) is 17.6 Å². The molecule has 0 saturated carbocycles. The zero-order valence-corrected chi connectivity index (χ0v) is 13.8. The lowest BCUT2D eigenvalue weighted by Gasteiger charge is -2.37. The Kier molecular flexibility index (Phi) is 5.55. The van der Waals surface area contributed by atoms with Gasteiger partial charge in [0.2, 0.25) is 0 Å². The molecule has 134 valence electrons. The fourth-order valence-electron chi connectivity index (χ4n) is 2.86. The van der Waals surface area contributed by atoms with Gasteiger partial charge in [-0.1, -0.05) is 37.3 Å². The largest absolute Gasteiger partial charge is 0.459 e. The van der Waals surface area contributed by atoms with Gasteiger partial charge in [0.1, 0.15) is 6.10 Å². The van der Waals surface area contributed by atoms with Crippen LogP contribution in [0.25, 0.3) is 0 Å². The number of hydrogen-bond donors (Lipinski definition) is 0. The second kappa shape index (κ2) is 7.11. The third kappa shape index (κ3) is 3.28. The molecule has 4 unspecified atom stereocenters. The predicted octanol–water partition coefficient (Wildman–Crippen LogP) is 3.45. The second-order valence-electron chi connectivity index (χ2n) is 5.92. The van der Waals surface area contributed by atoms with Gasteiger partial charge in [-0.15, -0.1) is 0 Å². The third-order valence-corrected chi connectivity index (χ3v) is 4.54. The number of ether oxygens (including phenoxy) is 3. The summed E-state index contributed by atoms with van der Waals surface area (Å²) in [7, 11) is 0.859. The molecule has 0 aliphatic carbocycles. The molecule has 1 saturated heterocycles. The fourth-order valence-corrected chi connectivity index (χ4v) is 2.86. The van der Waals surface area contributed by atoms with Gasteiger partial charge in [0.05, 0.1) is 12.7 Å². The van der Waals surface area contributed by atoms with Gasteiger partial charge in [-0.2, -0.15) is 13.2 Å². The molecule has 1 aromatic carbocycles. The summed E-state index contributed by atoms with van der Waals surface area (Å²) < 4.78 is 56.8. The summed E-state index contributed by atoms with van der Waals surface area (Å²) in [5, 5.41) is 0. The summed E-state index contributed by atoms with van der Waals surface area (Å²) in [4.78, 5) is 12.6. The molecule has 1 aromatic rings. The van der Waals surface area contributed by atoms with Crippen molar-refractivity contribution in [2.45, 2.75) is 44.3 Å². The number of benzene rings is 1. The third-order valence-electron chi connectivity index (χ3n) is 4.54. The van der Waals surface area contributed by atoms with Crippen LogP contribution in [0.1, 0.15) is 25.8 Å². The van der Waals surface area contributed by atoms with Crippen LogP contribution in [0.15, 0.2) is 30.3 Å². The van der Waals surface area contributed by atoms with Crippen molar-refractivity contribution in [2.75, 3.05) is 13.7 Å². The second-order valence-corrected chi connectivity index (χ2v) is 5.92. The van der Waals surface area contributed by atoms with E-state index in [0.29, 0.717) is 13.0 Å². The van der Waals surface area contributed by atoms with Gasteiger partial charge in [-0.25, -0.2) is 4.79 Å². The highest BCUT2D eigenvalue weighted by Gasteiger charge is 2.64. The minimum Gasteiger partial charge on any atom is -0.459 e. The number of carbonyl (C=O) groups excluding carboxylic acids is 1. The number of alkyl halides is 3. The Hall–Kier alpha value is -1.60. The van der Waals surface area contributed by atoms with E-state index in [0.717, 1.165) is 7.11 Å². The lowest BCUT2D eigenvalue weighted by Crippen LogP contribution is -2.53. The molecule has 1 fully saturated rings. The first-order valence-corrected chi connectivity index (χ1v) is 7.74. The summed E-state index contributed by atoms with van der Waals surface area (Å²) in [5.41, 5.74) is -3.45. The van der Waals surface area contributed by atoms with Gasteiger partial charge in [0, 0.05) is 25.0 Å². The predicted molar refractivity (Wildman–Crippen MR) is 80.3 cm³/mol. The van der Waals surface area contributed by atoms with Crippen molar-refractivity contribution >= 4 is 5.97 Å². The lowest BCUT2D eigenvalue weighted by molar-refractivity contribution is -0.280. The van der Waals surface area contributed by atoms with Gasteiger partial charge in [-0.3, -0.25) is 0 Å². The Morgan fingerprint density at radius 2 is 1.83 bits per heavy atom. The molecule has 7 heteroatoms. The molecule has 24 heavy (non-hydrogen) atoms. The number of esters is 1. The first-order valence-electron chi connectivity index (χ1n) is 7.74. The van der Waals surface area contributed by atoms with Crippen molar-refractivity contribution in [1.82, 2.24) is 0 Å². The van der Waals surface area contributed by atoms with Crippen LogP contribution in [-0.4, -0.2) is 38.1 Å². The molecule has 1 aliphatic rings. The van der Waals surface area contributed by atoms with Crippen molar-refractivity contribution in [3.63, 3.8) is 0 Å². The van der Waals surface area contributed by atoms with E-state index in [1.807, 2.05) is 0 Å². The summed E-state index contributed by atoms with van der Waals surface area (Å²) in [6.45, 7) is 3.92. The van der Waals surface area contributed by atoms with E-state index >= 15 is 0 Å². The molecule has 0 bridgehead atoms. The Labute approximate surface area is 138 Å². The van der Waals surface area contributed by atoms with E-state index in [9.17, 15) is 18.0 Å². The standard InChI is InChI=1S/C17H21F3O4/c1-11-12(2)23-10-9-14(11)24-15(21)16(22-3,17(18,19)20)13-7-5-4-6-8-13/h4-8,11-12,14H,9-10H2,1-3H3. The highest BCUT2D eigenvalue weighted by molar-refractivity contribution is 5.82. The van der Waals surface area contributed by atoms with Crippen LogP contribution < -0.4 is 0 Å². The maximum absolute atomic E-state index is 13.8. The molecule has 4 atom stereocenters. The molecule has 1 aliphatic heterocycles. The van der Waals surface area contributed by atoms with Gasteiger partial charge in [0.15, 0.2) is 0 Å². The number of carbonyl (C=O) groups is 1. The molecule has 0 spiro atoms. The lowest BCUT2D eigenvalue weighted by atomic mass is 9.91. The van der Waals surface area contributed by atoms with Crippen LogP contribution in [0.2, 0.25) is 0 Å². The topological polar surface area (TPSA) is 44.8 Å². The molecule has 0 aromatic heterocycles. The van der Waals surface area contributed by atoms with Crippen LogP contribution >= 0.6 is 0 Å². The molecule has 2 rings (SSSR count). The van der Waals surface area contributed by atoms with Gasteiger partial charge >= 0.3 is 12.1 Å². The molecule has 0 N–H and O–H groups in total. The maximum atomic E-state index is 13.8.